The summed E-state index contributed by atoms with van der Waals surface area (Å²) in [6, 6.07) is 9.34. The standard InChI is InChI=1S/C27H29N7O4/c1-27(2,3)24-20(28-16-29-24)14-22-26(31-21(25(36)30-22)13-18-9-6-5-7-10-18)38-17-37-23(35)12-8-11-19-15-34(4)33-32-19/h5-7,9-10,13-16H,4,8,11-12,17H2,1-3H3,(H-,28,29,30,31,32,33,36)/p+1. The van der Waals surface area contributed by atoms with Crippen molar-refractivity contribution in [3.8, 4) is 5.88 Å². The summed E-state index contributed by atoms with van der Waals surface area (Å²) >= 11 is 0. The van der Waals surface area contributed by atoms with Crippen LogP contribution in [0.3, 0.4) is 0 Å². The van der Waals surface area contributed by atoms with Gasteiger partial charge in [0.15, 0.2) is 6.20 Å². The van der Waals surface area contributed by atoms with E-state index in [1.807, 2.05) is 30.3 Å². The zero-order valence-corrected chi connectivity index (χ0v) is 21.6. The molecule has 0 saturated carbocycles. The number of aromatic nitrogens is 4. The fourth-order valence-electron chi connectivity index (χ4n) is 3.71. The quantitative estimate of drug-likeness (QED) is 0.255. The Balaban J connectivity index is 1.55. The summed E-state index contributed by atoms with van der Waals surface area (Å²) in [5.74, 6) is -0.324. The number of carbonyl (C=O) groups excluding carboxylic acids is 1. The van der Waals surface area contributed by atoms with Gasteiger partial charge >= 0.3 is 5.97 Å². The van der Waals surface area contributed by atoms with Crippen molar-refractivity contribution in [1.82, 2.24) is 19.9 Å². The second-order valence-electron chi connectivity index (χ2n) is 9.66. The van der Waals surface area contributed by atoms with Crippen LogP contribution in [0.15, 0.2) is 63.7 Å². The Morgan fingerprint density at radius 1 is 1.18 bits per heavy atom. The molecule has 1 aliphatic heterocycles. The average Bonchev–Trinajstić information content (AvgIpc) is 3.51. The molecule has 1 aliphatic rings. The van der Waals surface area contributed by atoms with Gasteiger partial charge in [-0.2, -0.15) is 0 Å². The van der Waals surface area contributed by atoms with E-state index >= 15 is 0 Å². The van der Waals surface area contributed by atoms with E-state index in [2.05, 4.69) is 57.8 Å². The van der Waals surface area contributed by atoms with Gasteiger partial charge in [-0.1, -0.05) is 51.1 Å². The number of rotatable bonds is 9. The van der Waals surface area contributed by atoms with Crippen LogP contribution in [0.5, 0.6) is 5.88 Å². The Bertz CT molecular complexity index is 1560. The van der Waals surface area contributed by atoms with Gasteiger partial charge in [-0.3, -0.25) is 9.59 Å². The van der Waals surface area contributed by atoms with Crippen molar-refractivity contribution in [2.75, 3.05) is 6.79 Å². The van der Waals surface area contributed by atoms with Crippen LogP contribution in [0.2, 0.25) is 0 Å². The van der Waals surface area contributed by atoms with Crippen LogP contribution in [0.25, 0.3) is 12.2 Å². The molecule has 2 aromatic heterocycles. The predicted molar refractivity (Wildman–Crippen MR) is 141 cm³/mol. The van der Waals surface area contributed by atoms with Crippen LogP contribution in [0.4, 0.5) is 0 Å². The van der Waals surface area contributed by atoms with E-state index in [9.17, 15) is 9.59 Å². The van der Waals surface area contributed by atoms with Crippen molar-refractivity contribution in [3.05, 3.63) is 86.6 Å². The van der Waals surface area contributed by atoms with E-state index in [4.69, 9.17) is 9.47 Å². The molecule has 0 fully saturated rings. The highest BCUT2D eigenvalue weighted by Gasteiger charge is 2.20. The molecule has 38 heavy (non-hydrogen) atoms. The lowest BCUT2D eigenvalue weighted by Gasteiger charge is -2.17. The molecule has 0 saturated heterocycles. The normalized spacial score (nSPS) is 14.2. The average molecular weight is 517 g/mol. The number of esters is 1. The first kappa shape index (κ1) is 26.4. The summed E-state index contributed by atoms with van der Waals surface area (Å²) < 4.78 is 12.4. The molecule has 4 rings (SSSR count). The number of nitrogens with one attached hydrogen (secondary N) is 2. The third kappa shape index (κ3) is 6.96. The summed E-state index contributed by atoms with van der Waals surface area (Å²) in [5.41, 5.74) is 2.47. The van der Waals surface area contributed by atoms with Crippen LogP contribution in [0.1, 0.15) is 57.0 Å². The van der Waals surface area contributed by atoms with E-state index in [-0.39, 0.29) is 29.9 Å². The molecular formula is C27H30N7O4+. The topological polar surface area (TPSA) is 138 Å². The smallest absolute Gasteiger partial charge is 0.308 e. The first-order valence-corrected chi connectivity index (χ1v) is 12.1. The van der Waals surface area contributed by atoms with E-state index in [0.29, 0.717) is 23.9 Å². The van der Waals surface area contributed by atoms with Gasteiger partial charge < -0.3 is 19.4 Å². The van der Waals surface area contributed by atoms with E-state index < -0.39 is 11.5 Å². The van der Waals surface area contributed by atoms with Gasteiger partial charge in [0, 0.05) is 24.0 Å². The molecule has 196 valence electrons. The SMILES string of the molecule is C=[N+]1C=C(CCCC(=O)OCOc2nc(=Cc3ccccc3)c(=O)[nH]c2=Cc2nc[nH]c2C(C)(C)C)N=N1. The maximum absolute atomic E-state index is 12.9. The molecule has 2 N–H and O–H groups in total. The summed E-state index contributed by atoms with van der Waals surface area (Å²) in [6.07, 6.45) is 7.92. The molecule has 0 radical (unpaired) electrons. The Kier molecular flexibility index (Phi) is 8.05. The minimum Gasteiger partial charge on any atom is -0.438 e. The molecule has 0 atom stereocenters. The number of imidazole rings is 1. The first-order chi connectivity index (χ1) is 18.2. The number of nitrogens with zero attached hydrogens (tertiary/aromatic N) is 5. The summed E-state index contributed by atoms with van der Waals surface area (Å²) in [7, 11) is 0. The van der Waals surface area contributed by atoms with Gasteiger partial charge in [0.2, 0.25) is 18.4 Å². The van der Waals surface area contributed by atoms with Gasteiger partial charge in [0.1, 0.15) is 15.9 Å². The van der Waals surface area contributed by atoms with Crippen molar-refractivity contribution in [2.24, 2.45) is 10.3 Å². The largest absolute Gasteiger partial charge is 0.438 e. The second kappa shape index (κ2) is 11.6. The molecule has 0 unspecified atom stereocenters. The zero-order chi connectivity index (χ0) is 27.1. The Morgan fingerprint density at radius 2 is 1.97 bits per heavy atom. The summed E-state index contributed by atoms with van der Waals surface area (Å²) in [6.45, 7) is 9.41. The Hall–Kier alpha value is -4.67. The first-order valence-electron chi connectivity index (χ1n) is 12.1. The third-order valence-corrected chi connectivity index (χ3v) is 5.55. The lowest BCUT2D eigenvalue weighted by molar-refractivity contribution is -0.454. The number of aromatic amines is 2. The van der Waals surface area contributed by atoms with Crippen LogP contribution < -0.4 is 21.0 Å². The molecule has 1 aromatic carbocycles. The number of ether oxygens (including phenoxy) is 2. The van der Waals surface area contributed by atoms with Crippen molar-refractivity contribution < 1.29 is 19.0 Å². The molecule has 11 heteroatoms. The van der Waals surface area contributed by atoms with Crippen molar-refractivity contribution >= 4 is 24.8 Å². The maximum atomic E-state index is 12.9. The second-order valence-corrected chi connectivity index (χ2v) is 9.66. The van der Waals surface area contributed by atoms with E-state index in [1.54, 1.807) is 24.7 Å². The van der Waals surface area contributed by atoms with Crippen molar-refractivity contribution in [2.45, 2.75) is 45.4 Å². The molecule has 3 aromatic rings. The molecule has 0 amide bonds. The number of carbonyl (C=O) groups is 1. The molecule has 0 spiro atoms. The van der Waals surface area contributed by atoms with Gasteiger partial charge in [-0.05, 0) is 24.1 Å². The maximum Gasteiger partial charge on any atom is 0.308 e. The molecule has 3 heterocycles. The van der Waals surface area contributed by atoms with Gasteiger partial charge in [0.25, 0.3) is 5.56 Å². The highest BCUT2D eigenvalue weighted by atomic mass is 16.7. The lowest BCUT2D eigenvalue weighted by Crippen LogP contribution is -2.38. The minimum absolute atomic E-state index is 0.106. The van der Waals surface area contributed by atoms with Crippen LogP contribution >= 0.6 is 0 Å². The van der Waals surface area contributed by atoms with Crippen LogP contribution in [-0.2, 0) is 14.9 Å². The number of hydrogen-bond acceptors (Lipinski definition) is 8. The molecule has 0 bridgehead atoms. The molecular weight excluding hydrogens is 486 g/mol. The number of allylic oxidation sites excluding steroid dienone is 1. The van der Waals surface area contributed by atoms with Gasteiger partial charge in [-0.25, -0.2) is 9.97 Å². The molecule has 11 nitrogen and oxygen atoms in total. The van der Waals surface area contributed by atoms with E-state index in [0.717, 1.165) is 17.0 Å². The minimum atomic E-state index is -0.430. The van der Waals surface area contributed by atoms with Gasteiger partial charge in [0.05, 0.1) is 23.9 Å². The zero-order valence-electron chi connectivity index (χ0n) is 21.6. The summed E-state index contributed by atoms with van der Waals surface area (Å²) in [4.78, 5) is 39.9. The number of benzene rings is 1. The van der Waals surface area contributed by atoms with E-state index in [1.165, 1.54) is 4.68 Å². The van der Waals surface area contributed by atoms with Crippen molar-refractivity contribution in [1.29, 1.82) is 0 Å². The van der Waals surface area contributed by atoms with Crippen LogP contribution in [-0.4, -0.2) is 44.1 Å². The van der Waals surface area contributed by atoms with Crippen molar-refractivity contribution in [3.63, 3.8) is 0 Å². The third-order valence-electron chi connectivity index (χ3n) is 5.55. The lowest BCUT2D eigenvalue weighted by atomic mass is 9.90. The highest BCUT2D eigenvalue weighted by molar-refractivity contribution is 5.69. The predicted octanol–water partition coefficient (Wildman–Crippen LogP) is 2.43. The van der Waals surface area contributed by atoms with Crippen LogP contribution in [0, 0.1) is 0 Å². The fourth-order valence-corrected chi connectivity index (χ4v) is 3.71. The monoisotopic (exact) mass is 516 g/mol. The summed E-state index contributed by atoms with van der Waals surface area (Å²) in [5, 5.41) is 8.18. The highest BCUT2D eigenvalue weighted by Crippen LogP contribution is 2.23. The number of H-pyrrole nitrogens is 2. The Labute approximate surface area is 219 Å². The Morgan fingerprint density at radius 3 is 2.68 bits per heavy atom. The molecule has 0 aliphatic carbocycles. The fraction of sp³-hybridized carbons (Fsp3) is 0.296. The van der Waals surface area contributed by atoms with Gasteiger partial charge in [-0.15, -0.1) is 4.68 Å². The number of hydrogen-bond donors (Lipinski definition) is 2.